The van der Waals surface area contributed by atoms with Gasteiger partial charge in [0.1, 0.15) is 19.3 Å². The largest absolute Gasteiger partial charge is 0.472 e. The predicted octanol–water partition coefficient (Wildman–Crippen LogP) is 16.7. The number of hydrogen-bond acceptors (Lipinski definition) is 6. The van der Waals surface area contributed by atoms with Gasteiger partial charge < -0.3 is 19.4 Å². The first-order valence-electron chi connectivity index (χ1n) is 28.1. The van der Waals surface area contributed by atoms with Crippen molar-refractivity contribution in [1.82, 2.24) is 5.32 Å². The number of nitrogens with one attached hydrogen (secondary N) is 1. The minimum atomic E-state index is -4.45. The van der Waals surface area contributed by atoms with Crippen molar-refractivity contribution in [3.63, 3.8) is 0 Å². The van der Waals surface area contributed by atoms with Gasteiger partial charge in [-0.05, 0) is 76.7 Å². The number of esters is 1. The number of rotatable bonds is 50. The number of hydrogen-bond donors (Lipinski definition) is 2. The van der Waals surface area contributed by atoms with E-state index in [0.29, 0.717) is 17.4 Å². The second-order valence-corrected chi connectivity index (χ2v) is 21.6. The Bertz CT molecular complexity index is 1350. The minimum Gasteiger partial charge on any atom is -0.456 e. The van der Waals surface area contributed by atoms with Gasteiger partial charge in [-0.2, -0.15) is 0 Å². The lowest BCUT2D eigenvalue weighted by Crippen LogP contribution is -2.47. The Morgan fingerprint density at radius 3 is 1.46 bits per heavy atom. The number of quaternary nitrogens is 1. The van der Waals surface area contributed by atoms with Crippen LogP contribution in [0.15, 0.2) is 60.8 Å². The van der Waals surface area contributed by atoms with E-state index in [1.54, 1.807) is 0 Å². The molecule has 0 rings (SSSR count). The zero-order valence-electron chi connectivity index (χ0n) is 45.1. The normalized spacial score (nSPS) is 14.3. The van der Waals surface area contributed by atoms with E-state index >= 15 is 0 Å². The van der Waals surface area contributed by atoms with Crippen LogP contribution in [-0.2, 0) is 27.9 Å². The molecule has 0 fully saturated rings. The Morgan fingerprint density at radius 1 is 0.529 bits per heavy atom. The molecule has 0 radical (unpaired) electrons. The third kappa shape index (κ3) is 48.7. The number of phosphoric ester groups is 1. The number of carbonyl (C=O) groups is 2. The number of ether oxygens (including phenoxy) is 1. The highest BCUT2D eigenvalue weighted by Gasteiger charge is 2.30. The molecule has 0 aromatic rings. The van der Waals surface area contributed by atoms with Crippen molar-refractivity contribution in [2.75, 3.05) is 40.9 Å². The van der Waals surface area contributed by atoms with Crippen molar-refractivity contribution in [2.24, 2.45) is 0 Å². The van der Waals surface area contributed by atoms with Gasteiger partial charge in [0.2, 0.25) is 5.91 Å². The Morgan fingerprint density at radius 2 is 0.956 bits per heavy atom. The third-order valence-electron chi connectivity index (χ3n) is 12.3. The molecule has 0 aliphatic rings. The van der Waals surface area contributed by atoms with Gasteiger partial charge in [-0.15, -0.1) is 0 Å². The molecular formula is C58H108N2O7P+. The summed E-state index contributed by atoms with van der Waals surface area (Å²) in [6.45, 7) is 6.85. The Balaban J connectivity index is 5.39. The standard InChI is InChI=1S/C58H107N2O7P/c1-7-10-13-16-19-22-25-28-30-32-35-38-41-44-47-50-57(61)59-55(54-66-68(63,64)65-53-52-60(4,5)6)56(49-46-43-40-37-34-27-24-21-18-15-12-9-3)67-58(62)51-48-45-42-39-36-33-31-29-26-23-20-17-14-11-8-2/h10,13,16,19,22-23,25-26,46,49,55-56H,7-9,11-12,14-15,17-18,20-21,24,27-45,47-48,50-54H2,1-6H3,(H-,59,61,63,64)/p+1/b13-10+,19-16+,25-22+,26-23-,49-46+. The fraction of sp³-hybridized carbons (Fsp3) is 0.793. The number of unbranched alkanes of at least 4 members (excludes halogenated alkanes) is 28. The summed E-state index contributed by atoms with van der Waals surface area (Å²) >= 11 is 0. The monoisotopic (exact) mass is 976 g/mol. The van der Waals surface area contributed by atoms with E-state index in [1.165, 1.54) is 122 Å². The van der Waals surface area contributed by atoms with Crippen LogP contribution in [0.25, 0.3) is 0 Å². The maximum Gasteiger partial charge on any atom is 0.472 e. The first-order chi connectivity index (χ1) is 32.9. The van der Waals surface area contributed by atoms with E-state index in [4.69, 9.17) is 13.8 Å². The highest BCUT2D eigenvalue weighted by molar-refractivity contribution is 7.47. The first kappa shape index (κ1) is 65.7. The molecule has 0 aromatic heterocycles. The second kappa shape index (κ2) is 48.3. The summed E-state index contributed by atoms with van der Waals surface area (Å²) in [6, 6.07) is -0.855. The van der Waals surface area contributed by atoms with Gasteiger partial charge >= 0.3 is 13.8 Å². The molecule has 10 heteroatoms. The Kier molecular flexibility index (Phi) is 46.7. The van der Waals surface area contributed by atoms with Crippen molar-refractivity contribution >= 4 is 19.7 Å². The zero-order valence-corrected chi connectivity index (χ0v) is 46.0. The SMILES string of the molecule is CC/C=C/C=C/C=C/CCCCCCCCCC(=O)NC(COP(=O)(O)OCC[N+](C)(C)C)C(/C=C/CCCCCCCCCCCC)OC(=O)CCCCCCCCC/C=C\CCCCCC. The summed E-state index contributed by atoms with van der Waals surface area (Å²) in [6.07, 6.45) is 59.2. The predicted molar refractivity (Wildman–Crippen MR) is 291 cm³/mol. The van der Waals surface area contributed by atoms with Gasteiger partial charge in [-0.1, -0.05) is 217 Å². The van der Waals surface area contributed by atoms with Gasteiger partial charge in [0.05, 0.1) is 33.8 Å². The zero-order chi connectivity index (χ0) is 50.1. The van der Waals surface area contributed by atoms with Crippen LogP contribution >= 0.6 is 7.82 Å². The number of amides is 1. The van der Waals surface area contributed by atoms with Gasteiger partial charge in [0.25, 0.3) is 0 Å². The molecule has 0 spiro atoms. The van der Waals surface area contributed by atoms with Gasteiger partial charge in [0, 0.05) is 12.8 Å². The van der Waals surface area contributed by atoms with Gasteiger partial charge in [-0.3, -0.25) is 18.6 Å². The molecular weight excluding hydrogens is 868 g/mol. The molecule has 68 heavy (non-hydrogen) atoms. The number of likely N-dealkylation sites (N-methyl/N-ethyl adjacent to an activating group) is 1. The van der Waals surface area contributed by atoms with E-state index in [1.807, 2.05) is 33.3 Å². The van der Waals surface area contributed by atoms with E-state index in [0.717, 1.165) is 89.9 Å². The Hall–Kier alpha value is -2.29. The summed E-state index contributed by atoms with van der Waals surface area (Å²) in [4.78, 5) is 37.5. The van der Waals surface area contributed by atoms with E-state index in [9.17, 15) is 19.0 Å². The molecule has 2 N–H and O–H groups in total. The lowest BCUT2D eigenvalue weighted by Gasteiger charge is -2.27. The molecule has 0 aromatic carbocycles. The highest BCUT2D eigenvalue weighted by atomic mass is 31.2. The maximum atomic E-state index is 13.5. The smallest absolute Gasteiger partial charge is 0.456 e. The fourth-order valence-electron chi connectivity index (χ4n) is 7.88. The summed E-state index contributed by atoms with van der Waals surface area (Å²) in [5.41, 5.74) is 0. The van der Waals surface area contributed by atoms with Crippen molar-refractivity contribution in [3.05, 3.63) is 60.8 Å². The molecule has 3 unspecified atom stereocenters. The molecule has 1 amide bonds. The summed E-state index contributed by atoms with van der Waals surface area (Å²) in [5, 5.41) is 3.04. The number of allylic oxidation sites excluding steroid dienone is 9. The van der Waals surface area contributed by atoms with E-state index in [-0.39, 0.29) is 31.5 Å². The Labute approximate surface area is 420 Å². The molecule has 3 atom stereocenters. The van der Waals surface area contributed by atoms with Crippen molar-refractivity contribution in [3.8, 4) is 0 Å². The minimum absolute atomic E-state index is 0.0356. The van der Waals surface area contributed by atoms with Crippen LogP contribution in [0.4, 0.5) is 0 Å². The quantitative estimate of drug-likeness (QED) is 0.0156. The van der Waals surface area contributed by atoms with Crippen LogP contribution in [0.3, 0.4) is 0 Å². The maximum absolute atomic E-state index is 13.5. The van der Waals surface area contributed by atoms with E-state index in [2.05, 4.69) is 74.7 Å². The van der Waals surface area contributed by atoms with Crippen molar-refractivity contribution in [2.45, 2.75) is 258 Å². The third-order valence-corrected chi connectivity index (χ3v) is 13.2. The molecule has 0 aliphatic heterocycles. The molecule has 0 aliphatic carbocycles. The molecule has 0 saturated heterocycles. The van der Waals surface area contributed by atoms with E-state index < -0.39 is 20.0 Å². The molecule has 9 nitrogen and oxygen atoms in total. The topological polar surface area (TPSA) is 111 Å². The van der Waals surface area contributed by atoms with Crippen LogP contribution in [0.2, 0.25) is 0 Å². The lowest BCUT2D eigenvalue weighted by molar-refractivity contribution is -0.870. The average molecular weight is 976 g/mol. The van der Waals surface area contributed by atoms with Crippen molar-refractivity contribution in [1.29, 1.82) is 0 Å². The average Bonchev–Trinajstić information content (AvgIpc) is 3.29. The number of carbonyl (C=O) groups excluding carboxylic acids is 2. The molecule has 0 saturated carbocycles. The summed E-state index contributed by atoms with van der Waals surface area (Å²) < 4.78 is 30.6. The first-order valence-corrected chi connectivity index (χ1v) is 29.6. The highest BCUT2D eigenvalue weighted by Crippen LogP contribution is 2.43. The number of nitrogens with zero attached hydrogens (tertiary/aromatic N) is 1. The molecule has 396 valence electrons. The van der Waals surface area contributed by atoms with Crippen LogP contribution in [-0.4, -0.2) is 74.3 Å². The van der Waals surface area contributed by atoms with Crippen molar-refractivity contribution < 1.29 is 37.3 Å². The lowest BCUT2D eigenvalue weighted by atomic mass is 10.0. The summed E-state index contributed by atoms with van der Waals surface area (Å²) in [5.74, 6) is -0.524. The second-order valence-electron chi connectivity index (χ2n) is 20.1. The molecule has 0 heterocycles. The van der Waals surface area contributed by atoms with Crippen LogP contribution in [0.5, 0.6) is 0 Å². The fourth-order valence-corrected chi connectivity index (χ4v) is 8.61. The van der Waals surface area contributed by atoms with Crippen LogP contribution in [0.1, 0.15) is 245 Å². The van der Waals surface area contributed by atoms with Crippen LogP contribution in [0, 0.1) is 0 Å². The van der Waals surface area contributed by atoms with Gasteiger partial charge in [-0.25, -0.2) is 4.57 Å². The van der Waals surface area contributed by atoms with Crippen LogP contribution < -0.4 is 5.32 Å². The van der Waals surface area contributed by atoms with Gasteiger partial charge in [0.15, 0.2) is 0 Å². The summed E-state index contributed by atoms with van der Waals surface area (Å²) in [7, 11) is 1.48. The number of phosphoric acid groups is 1. The molecule has 0 bridgehead atoms.